The van der Waals surface area contributed by atoms with Crippen LogP contribution >= 0.6 is 0 Å². The van der Waals surface area contributed by atoms with Gasteiger partial charge in [0.05, 0.1) is 11.6 Å². The second-order valence-electron chi connectivity index (χ2n) is 4.55. The van der Waals surface area contributed by atoms with Crippen molar-refractivity contribution in [2.75, 3.05) is 0 Å². The van der Waals surface area contributed by atoms with Gasteiger partial charge in [-0.25, -0.2) is 4.39 Å². The van der Waals surface area contributed by atoms with E-state index in [1.807, 2.05) is 6.07 Å². The lowest BCUT2D eigenvalue weighted by Crippen LogP contribution is -2.53. The van der Waals surface area contributed by atoms with E-state index in [1.165, 1.54) is 12.1 Å². The molecule has 1 saturated carbocycles. The highest BCUT2D eigenvalue weighted by atomic mass is 19.1. The summed E-state index contributed by atoms with van der Waals surface area (Å²) in [4.78, 5) is 11.9. The van der Waals surface area contributed by atoms with Gasteiger partial charge in [-0.3, -0.25) is 4.79 Å². The van der Waals surface area contributed by atoms with Crippen LogP contribution in [0.3, 0.4) is 0 Å². The molecule has 1 fully saturated rings. The summed E-state index contributed by atoms with van der Waals surface area (Å²) in [5.41, 5.74) is 4.70. The lowest BCUT2D eigenvalue weighted by Gasteiger charge is -2.34. The number of nitriles is 1. The third kappa shape index (κ3) is 1.90. The van der Waals surface area contributed by atoms with Crippen molar-refractivity contribution in [1.82, 2.24) is 0 Å². The molecule has 0 spiro atoms. The van der Waals surface area contributed by atoms with E-state index in [4.69, 9.17) is 11.0 Å². The predicted octanol–water partition coefficient (Wildman–Crippen LogP) is 0.965. The van der Waals surface area contributed by atoms with Crippen molar-refractivity contribution in [2.24, 2.45) is 5.73 Å². The summed E-state index contributed by atoms with van der Waals surface area (Å²) in [5, 5.41) is 18.2. The fraction of sp³-hybridized carbons (Fsp3) is 0.385. The number of halogens is 1. The smallest absolute Gasteiger partial charge is 0.185 e. The van der Waals surface area contributed by atoms with Crippen LogP contribution in [0.5, 0.6) is 0 Å². The Labute approximate surface area is 104 Å². The van der Waals surface area contributed by atoms with Gasteiger partial charge in [-0.2, -0.15) is 5.26 Å². The lowest BCUT2D eigenvalue weighted by atomic mass is 9.75. The molecule has 94 valence electrons. The zero-order valence-corrected chi connectivity index (χ0v) is 9.69. The molecule has 0 bridgehead atoms. The standard InChI is InChI=1S/C13H13FN2O2/c14-10-6-8(7-15)3-4-9(10)13(16)5-1-2-11(17)12(13)18/h3-4,6,11,17H,1-2,5,16H2. The van der Waals surface area contributed by atoms with E-state index in [0.717, 1.165) is 6.07 Å². The van der Waals surface area contributed by atoms with Gasteiger partial charge in [0.2, 0.25) is 0 Å². The number of aliphatic hydroxyl groups is 1. The van der Waals surface area contributed by atoms with Gasteiger partial charge >= 0.3 is 0 Å². The van der Waals surface area contributed by atoms with Crippen LogP contribution in [0.1, 0.15) is 30.4 Å². The van der Waals surface area contributed by atoms with Crippen LogP contribution in [-0.2, 0) is 10.3 Å². The summed E-state index contributed by atoms with van der Waals surface area (Å²) < 4.78 is 13.9. The maximum atomic E-state index is 13.9. The molecule has 2 atom stereocenters. The minimum atomic E-state index is -1.49. The lowest BCUT2D eigenvalue weighted by molar-refractivity contribution is -0.136. The average Bonchev–Trinajstić information content (AvgIpc) is 2.35. The number of ketones is 1. The normalized spacial score (nSPS) is 27.9. The fourth-order valence-corrected chi connectivity index (χ4v) is 2.34. The number of benzene rings is 1. The molecule has 0 aliphatic heterocycles. The molecular formula is C13H13FN2O2. The number of nitrogens with two attached hydrogens (primary N) is 1. The Balaban J connectivity index is 2.47. The highest BCUT2D eigenvalue weighted by Gasteiger charge is 2.43. The molecule has 1 aliphatic rings. The molecule has 1 aromatic rings. The third-order valence-electron chi connectivity index (χ3n) is 3.37. The first-order valence-corrected chi connectivity index (χ1v) is 5.70. The Morgan fingerprint density at radius 2 is 2.28 bits per heavy atom. The van der Waals surface area contributed by atoms with E-state index in [0.29, 0.717) is 19.3 Å². The quantitative estimate of drug-likeness (QED) is 0.775. The second kappa shape index (κ2) is 4.48. The molecule has 2 rings (SSSR count). The van der Waals surface area contributed by atoms with Crippen LogP contribution in [0.4, 0.5) is 4.39 Å². The number of hydrogen-bond donors (Lipinski definition) is 2. The minimum absolute atomic E-state index is 0.0465. The molecule has 0 heterocycles. The Morgan fingerprint density at radius 3 is 2.89 bits per heavy atom. The molecule has 0 radical (unpaired) electrons. The Morgan fingerprint density at radius 1 is 1.56 bits per heavy atom. The summed E-state index contributed by atoms with van der Waals surface area (Å²) in [6, 6.07) is 5.64. The summed E-state index contributed by atoms with van der Waals surface area (Å²) in [5.74, 6) is -1.24. The number of carbonyl (C=O) groups excluding carboxylic acids is 1. The maximum Gasteiger partial charge on any atom is 0.185 e. The maximum absolute atomic E-state index is 13.9. The van der Waals surface area contributed by atoms with Gasteiger partial charge in [-0.1, -0.05) is 6.07 Å². The van der Waals surface area contributed by atoms with E-state index in [1.54, 1.807) is 0 Å². The molecule has 0 aromatic heterocycles. The molecule has 4 nitrogen and oxygen atoms in total. The van der Waals surface area contributed by atoms with E-state index >= 15 is 0 Å². The third-order valence-corrected chi connectivity index (χ3v) is 3.37. The predicted molar refractivity (Wildman–Crippen MR) is 61.8 cm³/mol. The van der Waals surface area contributed by atoms with E-state index in [2.05, 4.69) is 0 Å². The molecule has 0 saturated heterocycles. The van der Waals surface area contributed by atoms with Crippen LogP contribution in [0.25, 0.3) is 0 Å². The van der Waals surface area contributed by atoms with Gasteiger partial charge in [0.15, 0.2) is 5.78 Å². The second-order valence-corrected chi connectivity index (χ2v) is 4.55. The largest absolute Gasteiger partial charge is 0.385 e. The topological polar surface area (TPSA) is 87.1 Å². The molecule has 18 heavy (non-hydrogen) atoms. The van der Waals surface area contributed by atoms with E-state index in [9.17, 15) is 14.3 Å². The van der Waals surface area contributed by atoms with E-state index in [-0.39, 0.29) is 11.1 Å². The number of carbonyl (C=O) groups is 1. The van der Waals surface area contributed by atoms with Crippen LogP contribution in [0.15, 0.2) is 18.2 Å². The van der Waals surface area contributed by atoms with Crippen LogP contribution in [0, 0.1) is 17.1 Å². The molecule has 0 amide bonds. The van der Waals surface area contributed by atoms with Gasteiger partial charge in [0.1, 0.15) is 17.5 Å². The molecule has 3 N–H and O–H groups in total. The van der Waals surface area contributed by atoms with Gasteiger partial charge < -0.3 is 10.8 Å². The van der Waals surface area contributed by atoms with Crippen molar-refractivity contribution < 1.29 is 14.3 Å². The van der Waals surface area contributed by atoms with Crippen molar-refractivity contribution in [3.05, 3.63) is 35.1 Å². The zero-order chi connectivity index (χ0) is 13.3. The summed E-state index contributed by atoms with van der Waals surface area (Å²) in [6.07, 6.45) is 0.0725. The molecular weight excluding hydrogens is 235 g/mol. The number of Topliss-reactive ketones (excluding diaryl/α,β-unsaturated/α-hetero) is 1. The van der Waals surface area contributed by atoms with Crippen molar-refractivity contribution in [2.45, 2.75) is 30.9 Å². The highest BCUT2D eigenvalue weighted by Crippen LogP contribution is 2.33. The van der Waals surface area contributed by atoms with Crippen molar-refractivity contribution in [1.29, 1.82) is 5.26 Å². The van der Waals surface area contributed by atoms with Gasteiger partial charge in [0, 0.05) is 5.56 Å². The Bertz CT molecular complexity index is 538. The fourth-order valence-electron chi connectivity index (χ4n) is 2.34. The molecule has 1 aromatic carbocycles. The van der Waals surface area contributed by atoms with Crippen molar-refractivity contribution >= 4 is 5.78 Å². The first-order chi connectivity index (χ1) is 8.49. The minimum Gasteiger partial charge on any atom is -0.385 e. The zero-order valence-electron chi connectivity index (χ0n) is 9.69. The first-order valence-electron chi connectivity index (χ1n) is 5.70. The van der Waals surface area contributed by atoms with Crippen molar-refractivity contribution in [3.63, 3.8) is 0 Å². The first kappa shape index (κ1) is 12.7. The van der Waals surface area contributed by atoms with Crippen molar-refractivity contribution in [3.8, 4) is 6.07 Å². The monoisotopic (exact) mass is 248 g/mol. The Kier molecular flexibility index (Phi) is 3.16. The van der Waals surface area contributed by atoms with Crippen LogP contribution < -0.4 is 5.73 Å². The number of rotatable bonds is 1. The summed E-state index contributed by atoms with van der Waals surface area (Å²) >= 11 is 0. The number of aliphatic hydroxyl groups excluding tert-OH is 1. The van der Waals surface area contributed by atoms with E-state index < -0.39 is 23.2 Å². The summed E-state index contributed by atoms with van der Waals surface area (Å²) in [7, 11) is 0. The number of hydrogen-bond acceptors (Lipinski definition) is 4. The number of nitrogens with zero attached hydrogens (tertiary/aromatic N) is 1. The summed E-state index contributed by atoms with van der Waals surface area (Å²) in [6.45, 7) is 0. The highest BCUT2D eigenvalue weighted by molar-refractivity contribution is 5.93. The van der Waals surface area contributed by atoms with Gasteiger partial charge in [-0.15, -0.1) is 0 Å². The molecule has 2 unspecified atom stereocenters. The average molecular weight is 248 g/mol. The van der Waals surface area contributed by atoms with Gasteiger partial charge in [-0.05, 0) is 31.4 Å². The molecule has 1 aliphatic carbocycles. The Hall–Kier alpha value is -1.77. The SMILES string of the molecule is N#Cc1ccc(C2(N)CCCC(O)C2=O)c(F)c1. The van der Waals surface area contributed by atoms with Gasteiger partial charge in [0.25, 0.3) is 0 Å². The van der Waals surface area contributed by atoms with Crippen LogP contribution in [0.2, 0.25) is 0 Å². The molecule has 5 heteroatoms. The van der Waals surface area contributed by atoms with Crippen LogP contribution in [-0.4, -0.2) is 17.0 Å².